The summed E-state index contributed by atoms with van der Waals surface area (Å²) in [6.45, 7) is 0. The van der Waals surface area contributed by atoms with Gasteiger partial charge in [0.1, 0.15) is 11.2 Å². The highest BCUT2D eigenvalue weighted by Gasteiger charge is 2.30. The number of thiophene rings is 1. The summed E-state index contributed by atoms with van der Waals surface area (Å²) < 4.78 is 33.5. The summed E-state index contributed by atoms with van der Waals surface area (Å²) in [7, 11) is -0.0645. The Morgan fingerprint density at radius 2 is 2.08 bits per heavy atom. The number of methoxy groups -OCH3 is 1. The number of benzene rings is 1. The molecule has 0 radical (unpaired) electrons. The first-order chi connectivity index (χ1) is 12.2. The highest BCUT2D eigenvalue weighted by Crippen LogP contribution is 2.39. The molecule has 0 amide bonds. The Morgan fingerprint density at radius 3 is 2.58 bits per heavy atom. The van der Waals surface area contributed by atoms with Gasteiger partial charge in [0.25, 0.3) is 15.7 Å². The molecule has 0 spiro atoms. The number of rotatable bonds is 6. The monoisotopic (exact) mass is 397 g/mol. The van der Waals surface area contributed by atoms with E-state index in [4.69, 9.17) is 0 Å². The molecule has 11 heteroatoms. The highest BCUT2D eigenvalue weighted by molar-refractivity contribution is 7.90. The summed E-state index contributed by atoms with van der Waals surface area (Å²) in [6.07, 6.45) is 1.06. The Bertz CT molecular complexity index is 966. The maximum absolute atomic E-state index is 12.7. The van der Waals surface area contributed by atoms with Crippen LogP contribution < -0.4 is 0 Å². The van der Waals surface area contributed by atoms with E-state index in [-0.39, 0.29) is 11.1 Å². The molecule has 9 nitrogen and oxygen atoms in total. The maximum atomic E-state index is 12.7. The molecule has 0 bridgehead atoms. The van der Waals surface area contributed by atoms with Crippen molar-refractivity contribution in [1.82, 2.24) is 4.90 Å². The van der Waals surface area contributed by atoms with Crippen LogP contribution in [0.2, 0.25) is 0 Å². The first-order valence-electron chi connectivity index (χ1n) is 7.07. The van der Waals surface area contributed by atoms with Gasteiger partial charge in [-0.2, -0.15) is 19.8 Å². The van der Waals surface area contributed by atoms with Gasteiger partial charge in [-0.3, -0.25) is 10.1 Å². The van der Waals surface area contributed by atoms with Crippen molar-refractivity contribution in [2.45, 2.75) is 4.90 Å². The fraction of sp³-hybridized carbons (Fsp3) is 0.200. The molecule has 0 unspecified atom stereocenters. The van der Waals surface area contributed by atoms with Crippen molar-refractivity contribution in [1.29, 1.82) is 0 Å². The van der Waals surface area contributed by atoms with Crippen molar-refractivity contribution < 1.29 is 22.9 Å². The van der Waals surface area contributed by atoms with Gasteiger partial charge in [-0.1, -0.05) is 0 Å². The van der Waals surface area contributed by atoms with Crippen molar-refractivity contribution in [3.8, 4) is 11.1 Å². The van der Waals surface area contributed by atoms with Gasteiger partial charge >= 0.3 is 5.97 Å². The van der Waals surface area contributed by atoms with Crippen LogP contribution in [0.3, 0.4) is 0 Å². The second kappa shape index (κ2) is 7.62. The minimum atomic E-state index is -4.31. The van der Waals surface area contributed by atoms with E-state index in [1.54, 1.807) is 30.9 Å². The number of sulfonamides is 1. The average molecular weight is 397 g/mol. The summed E-state index contributed by atoms with van der Waals surface area (Å²) >= 11 is 1.25. The number of nitro benzene ring substituents is 1. The van der Waals surface area contributed by atoms with E-state index in [9.17, 15) is 23.3 Å². The van der Waals surface area contributed by atoms with Gasteiger partial charge in [0.05, 0.1) is 23.2 Å². The molecule has 138 valence electrons. The Kier molecular flexibility index (Phi) is 5.73. The largest absolute Gasteiger partial charge is 0.465 e. The van der Waals surface area contributed by atoms with Crippen LogP contribution in [-0.2, 0) is 14.8 Å². The number of hydrogen-bond acceptors (Lipinski definition) is 7. The lowest BCUT2D eigenvalue weighted by Gasteiger charge is -2.10. The highest BCUT2D eigenvalue weighted by atomic mass is 32.2. The molecule has 1 heterocycles. The van der Waals surface area contributed by atoms with Crippen LogP contribution in [0.15, 0.2) is 38.3 Å². The summed E-state index contributed by atoms with van der Waals surface area (Å²) in [5.74, 6) is -0.891. The molecule has 0 saturated heterocycles. The van der Waals surface area contributed by atoms with Crippen molar-refractivity contribution in [2.24, 2.45) is 4.40 Å². The molecule has 0 fully saturated rings. The van der Waals surface area contributed by atoms with E-state index < -0.39 is 31.5 Å². The third kappa shape index (κ3) is 4.06. The van der Waals surface area contributed by atoms with E-state index in [1.165, 1.54) is 16.2 Å². The van der Waals surface area contributed by atoms with Crippen LogP contribution in [-0.4, -0.2) is 51.8 Å². The second-order valence-corrected chi connectivity index (χ2v) is 7.67. The zero-order valence-electron chi connectivity index (χ0n) is 14.1. The number of nitro groups is 1. The SMILES string of the molecule is COC(=O)c1cc([N+](=O)[O-])c(-c2ccsc2)c(S(=O)(=O)N=CN(C)C)c1. The number of ether oxygens (including phenoxy) is 1. The van der Waals surface area contributed by atoms with Gasteiger partial charge in [0.2, 0.25) is 0 Å². The van der Waals surface area contributed by atoms with Gasteiger partial charge < -0.3 is 9.64 Å². The molecule has 1 aromatic carbocycles. The standard InChI is InChI=1S/C15H15N3O6S2/c1-17(2)9-16-26(22,23)13-7-11(15(19)24-3)6-12(18(20)21)14(13)10-4-5-25-8-10/h4-9H,1-3H3. The lowest BCUT2D eigenvalue weighted by Crippen LogP contribution is -2.12. The minimum Gasteiger partial charge on any atom is -0.465 e. The zero-order valence-corrected chi connectivity index (χ0v) is 15.7. The fourth-order valence-electron chi connectivity index (χ4n) is 2.09. The summed E-state index contributed by atoms with van der Waals surface area (Å²) in [6, 6.07) is 3.58. The molecule has 2 aromatic rings. The molecule has 0 saturated carbocycles. The summed E-state index contributed by atoms with van der Waals surface area (Å²) in [4.78, 5) is 23.6. The Balaban J connectivity index is 2.88. The summed E-state index contributed by atoms with van der Waals surface area (Å²) in [5.41, 5.74) is -0.557. The van der Waals surface area contributed by atoms with Crippen LogP contribution in [0, 0.1) is 10.1 Å². The molecule has 0 aliphatic heterocycles. The van der Waals surface area contributed by atoms with Crippen LogP contribution in [0.25, 0.3) is 11.1 Å². The molecule has 0 aliphatic rings. The van der Waals surface area contributed by atoms with Gasteiger partial charge in [0, 0.05) is 25.7 Å². The molecule has 26 heavy (non-hydrogen) atoms. The van der Waals surface area contributed by atoms with Crippen LogP contribution >= 0.6 is 11.3 Å². The number of nitrogens with zero attached hydrogens (tertiary/aromatic N) is 3. The van der Waals surface area contributed by atoms with Crippen molar-refractivity contribution in [3.05, 3.63) is 44.6 Å². The maximum Gasteiger partial charge on any atom is 0.338 e. The lowest BCUT2D eigenvalue weighted by molar-refractivity contribution is -0.384. The van der Waals surface area contributed by atoms with E-state index in [0.717, 1.165) is 25.6 Å². The normalized spacial score (nSPS) is 11.5. The first kappa shape index (κ1) is 19.5. The number of carbonyl (C=O) groups excluding carboxylic acids is 1. The first-order valence-corrected chi connectivity index (χ1v) is 9.46. The van der Waals surface area contributed by atoms with Gasteiger partial charge in [-0.25, -0.2) is 4.79 Å². The lowest BCUT2D eigenvalue weighted by atomic mass is 10.0. The molecule has 0 aliphatic carbocycles. The Hall–Kier alpha value is -2.79. The molecule has 0 N–H and O–H groups in total. The Morgan fingerprint density at radius 1 is 1.38 bits per heavy atom. The van der Waals surface area contributed by atoms with E-state index >= 15 is 0 Å². The number of carbonyl (C=O) groups is 1. The van der Waals surface area contributed by atoms with Gasteiger partial charge in [-0.15, -0.1) is 4.40 Å². The summed E-state index contributed by atoms with van der Waals surface area (Å²) in [5, 5.41) is 14.8. The topological polar surface area (TPSA) is 119 Å². The van der Waals surface area contributed by atoms with Crippen LogP contribution in [0.5, 0.6) is 0 Å². The van der Waals surface area contributed by atoms with Crippen molar-refractivity contribution in [3.63, 3.8) is 0 Å². The van der Waals surface area contributed by atoms with Gasteiger partial charge in [0.15, 0.2) is 0 Å². The van der Waals surface area contributed by atoms with E-state index in [0.29, 0.717) is 5.56 Å². The van der Waals surface area contributed by atoms with Crippen LogP contribution in [0.4, 0.5) is 5.69 Å². The quantitative estimate of drug-likeness (QED) is 0.241. The zero-order chi connectivity index (χ0) is 19.5. The second-order valence-electron chi connectivity index (χ2n) is 5.29. The smallest absolute Gasteiger partial charge is 0.338 e. The third-order valence-corrected chi connectivity index (χ3v) is 5.14. The minimum absolute atomic E-state index is 0.125. The number of hydrogen-bond donors (Lipinski definition) is 0. The van der Waals surface area contributed by atoms with E-state index in [2.05, 4.69) is 9.13 Å². The molecule has 2 rings (SSSR count). The Labute approximate surface area is 153 Å². The average Bonchev–Trinajstić information content (AvgIpc) is 3.12. The predicted molar refractivity (Wildman–Crippen MR) is 97.1 cm³/mol. The molecule has 0 atom stereocenters. The molecule has 1 aromatic heterocycles. The molecular weight excluding hydrogens is 382 g/mol. The van der Waals surface area contributed by atoms with Crippen LogP contribution in [0.1, 0.15) is 10.4 Å². The fourth-order valence-corrected chi connectivity index (χ4v) is 3.92. The van der Waals surface area contributed by atoms with Crippen molar-refractivity contribution >= 4 is 39.4 Å². The molecular formula is C15H15N3O6S2. The number of esters is 1. The van der Waals surface area contributed by atoms with Gasteiger partial charge in [-0.05, 0) is 22.9 Å². The van der Waals surface area contributed by atoms with Crippen molar-refractivity contribution in [2.75, 3.05) is 21.2 Å². The predicted octanol–water partition coefficient (Wildman–Crippen LogP) is 2.39. The van der Waals surface area contributed by atoms with E-state index in [1.807, 2.05) is 0 Å². The third-order valence-electron chi connectivity index (χ3n) is 3.20.